The zero-order valence-corrected chi connectivity index (χ0v) is 13.4. The average Bonchev–Trinajstić information content (AvgIpc) is 2.59. The minimum atomic E-state index is -0.898. The molecule has 0 atom stereocenters. The second kappa shape index (κ2) is 7.54. The summed E-state index contributed by atoms with van der Waals surface area (Å²) >= 11 is 0. The van der Waals surface area contributed by atoms with E-state index >= 15 is 0 Å². The second-order valence-corrected chi connectivity index (χ2v) is 5.69. The summed E-state index contributed by atoms with van der Waals surface area (Å²) in [6.45, 7) is 2.30. The second-order valence-electron chi connectivity index (χ2n) is 5.69. The van der Waals surface area contributed by atoms with Crippen LogP contribution in [0.2, 0.25) is 6.32 Å². The molecule has 22 heavy (non-hydrogen) atoms. The quantitative estimate of drug-likeness (QED) is 0.597. The summed E-state index contributed by atoms with van der Waals surface area (Å²) in [7, 11) is 0. The Balaban J connectivity index is 0.00000176. The van der Waals surface area contributed by atoms with E-state index in [0.717, 1.165) is 6.32 Å². The van der Waals surface area contributed by atoms with Gasteiger partial charge in [0, 0.05) is 0 Å². The van der Waals surface area contributed by atoms with Gasteiger partial charge in [0.05, 0.1) is 6.15 Å². The molecule has 0 aliphatic rings. The standard InChI is InChI=1S/C20H20B.Li/c1-2-21(18-12-6-3-7-13-18,19-14-8-4-9-15-19)20-16-10-5-11-17-20;/h3-17H,2H2,1H3;/q-1;+1. The van der Waals surface area contributed by atoms with E-state index in [2.05, 4.69) is 97.9 Å². The van der Waals surface area contributed by atoms with Crippen molar-refractivity contribution in [2.75, 3.05) is 0 Å². The van der Waals surface area contributed by atoms with Gasteiger partial charge in [-0.25, -0.2) is 0 Å². The van der Waals surface area contributed by atoms with Crippen LogP contribution < -0.4 is 35.2 Å². The first-order valence-corrected chi connectivity index (χ1v) is 7.71. The summed E-state index contributed by atoms with van der Waals surface area (Å²) in [6.07, 6.45) is 0.197. The van der Waals surface area contributed by atoms with Crippen LogP contribution in [-0.4, -0.2) is 6.15 Å². The SMILES string of the molecule is CC[B-](c1ccccc1)(c1ccccc1)c1ccccc1.[Li+]. The van der Waals surface area contributed by atoms with E-state index in [9.17, 15) is 0 Å². The van der Waals surface area contributed by atoms with E-state index in [4.69, 9.17) is 0 Å². The average molecular weight is 278 g/mol. The Morgan fingerprint density at radius 2 is 0.818 bits per heavy atom. The molecular weight excluding hydrogens is 258 g/mol. The van der Waals surface area contributed by atoms with Crippen molar-refractivity contribution in [2.45, 2.75) is 13.2 Å². The van der Waals surface area contributed by atoms with Crippen molar-refractivity contribution in [1.82, 2.24) is 0 Å². The van der Waals surface area contributed by atoms with Crippen LogP contribution in [-0.2, 0) is 0 Å². The maximum absolute atomic E-state index is 2.30. The minimum absolute atomic E-state index is 0. The molecule has 0 fully saturated rings. The maximum atomic E-state index is 2.30. The van der Waals surface area contributed by atoms with Crippen molar-refractivity contribution in [2.24, 2.45) is 0 Å². The number of hydrogen-bond acceptors (Lipinski definition) is 0. The van der Waals surface area contributed by atoms with Crippen LogP contribution in [0.5, 0.6) is 0 Å². The first kappa shape index (κ1) is 16.7. The van der Waals surface area contributed by atoms with Crippen LogP contribution in [0, 0.1) is 0 Å². The predicted octanol–water partition coefficient (Wildman–Crippen LogP) is 0.181. The summed E-state index contributed by atoms with van der Waals surface area (Å²) < 4.78 is 0. The summed E-state index contributed by atoms with van der Waals surface area (Å²) in [4.78, 5) is 0. The maximum Gasteiger partial charge on any atom is 1.00 e. The van der Waals surface area contributed by atoms with Gasteiger partial charge in [-0.1, -0.05) is 97.9 Å². The molecule has 3 aromatic rings. The molecule has 0 saturated carbocycles. The van der Waals surface area contributed by atoms with Crippen LogP contribution in [0.15, 0.2) is 91.0 Å². The molecular formula is C20H20BLi. The Kier molecular flexibility index (Phi) is 5.72. The fraction of sp³-hybridized carbons (Fsp3) is 0.100. The van der Waals surface area contributed by atoms with Gasteiger partial charge in [0.2, 0.25) is 0 Å². The first-order valence-electron chi connectivity index (χ1n) is 7.71. The smallest absolute Gasteiger partial charge is 0.200 e. The van der Waals surface area contributed by atoms with Crippen LogP contribution in [0.3, 0.4) is 0 Å². The van der Waals surface area contributed by atoms with E-state index < -0.39 is 6.15 Å². The molecule has 0 bridgehead atoms. The Bertz CT molecular complexity index is 584. The fourth-order valence-electron chi connectivity index (χ4n) is 3.63. The first-order chi connectivity index (χ1) is 10.4. The molecule has 0 radical (unpaired) electrons. The molecule has 104 valence electrons. The molecule has 0 aliphatic carbocycles. The normalized spacial score (nSPS) is 10.8. The minimum Gasteiger partial charge on any atom is -0.200 e. The van der Waals surface area contributed by atoms with Crippen molar-refractivity contribution in [3.63, 3.8) is 0 Å². The third-order valence-corrected chi connectivity index (χ3v) is 4.72. The Labute approximate surface area is 145 Å². The molecule has 0 nitrogen and oxygen atoms in total. The van der Waals surface area contributed by atoms with Crippen LogP contribution in [0.4, 0.5) is 0 Å². The van der Waals surface area contributed by atoms with Gasteiger partial charge >= 0.3 is 18.9 Å². The summed E-state index contributed by atoms with van der Waals surface area (Å²) in [6, 6.07) is 32.8. The molecule has 3 aromatic carbocycles. The molecule has 0 amide bonds. The van der Waals surface area contributed by atoms with Crippen LogP contribution >= 0.6 is 0 Å². The van der Waals surface area contributed by atoms with E-state index in [-0.39, 0.29) is 18.9 Å². The van der Waals surface area contributed by atoms with E-state index in [1.54, 1.807) is 0 Å². The predicted molar refractivity (Wildman–Crippen MR) is 94.5 cm³/mol. The summed E-state index contributed by atoms with van der Waals surface area (Å²) in [5, 5.41) is 0. The van der Waals surface area contributed by atoms with Gasteiger partial charge in [-0.15, -0.1) is 0 Å². The van der Waals surface area contributed by atoms with Crippen molar-refractivity contribution >= 4 is 22.5 Å². The van der Waals surface area contributed by atoms with E-state index in [1.165, 1.54) is 16.4 Å². The number of hydrogen-bond donors (Lipinski definition) is 0. The van der Waals surface area contributed by atoms with Gasteiger partial charge in [0.1, 0.15) is 0 Å². The third kappa shape index (κ3) is 2.93. The van der Waals surface area contributed by atoms with Gasteiger partial charge in [-0.3, -0.25) is 0 Å². The Hall–Kier alpha value is -1.68. The van der Waals surface area contributed by atoms with Crippen LogP contribution in [0.1, 0.15) is 6.92 Å². The monoisotopic (exact) mass is 278 g/mol. The van der Waals surface area contributed by atoms with E-state index in [1.807, 2.05) is 0 Å². The molecule has 2 heteroatoms. The molecule has 3 rings (SSSR count). The fourth-order valence-corrected chi connectivity index (χ4v) is 3.63. The summed E-state index contributed by atoms with van der Waals surface area (Å²) in [5.74, 6) is 0. The molecule has 0 unspecified atom stereocenters. The number of benzene rings is 3. The zero-order chi connectivity index (χ0) is 14.5. The molecule has 0 aliphatic heterocycles. The summed E-state index contributed by atoms with van der Waals surface area (Å²) in [5.41, 5.74) is 4.24. The molecule has 0 N–H and O–H groups in total. The number of rotatable bonds is 4. The van der Waals surface area contributed by atoms with Gasteiger partial charge in [0.15, 0.2) is 0 Å². The van der Waals surface area contributed by atoms with Crippen LogP contribution in [0.25, 0.3) is 0 Å². The van der Waals surface area contributed by atoms with Gasteiger partial charge < -0.3 is 0 Å². The van der Waals surface area contributed by atoms with Crippen molar-refractivity contribution < 1.29 is 18.9 Å². The van der Waals surface area contributed by atoms with Crippen molar-refractivity contribution in [3.8, 4) is 0 Å². The Morgan fingerprint density at radius 3 is 1.05 bits per heavy atom. The topological polar surface area (TPSA) is 0 Å². The Morgan fingerprint density at radius 1 is 0.545 bits per heavy atom. The molecule has 0 spiro atoms. The third-order valence-electron chi connectivity index (χ3n) is 4.72. The zero-order valence-electron chi connectivity index (χ0n) is 13.4. The van der Waals surface area contributed by atoms with E-state index in [0.29, 0.717) is 0 Å². The molecule has 0 heterocycles. The van der Waals surface area contributed by atoms with Crippen molar-refractivity contribution in [3.05, 3.63) is 91.0 Å². The van der Waals surface area contributed by atoms with Gasteiger partial charge in [-0.05, 0) is 0 Å². The van der Waals surface area contributed by atoms with Crippen molar-refractivity contribution in [1.29, 1.82) is 0 Å². The molecule has 0 saturated heterocycles. The molecule has 0 aromatic heterocycles. The largest absolute Gasteiger partial charge is 1.00 e. The van der Waals surface area contributed by atoms with Gasteiger partial charge in [0.25, 0.3) is 0 Å². The van der Waals surface area contributed by atoms with Gasteiger partial charge in [-0.2, -0.15) is 22.7 Å².